The third-order valence-corrected chi connectivity index (χ3v) is 3.15. The Morgan fingerprint density at radius 2 is 2.13 bits per heavy atom. The topological polar surface area (TPSA) is 24.9 Å². The van der Waals surface area contributed by atoms with Crippen LogP contribution in [0.5, 0.6) is 0 Å². The number of nitrogens with zero attached hydrogens (tertiary/aromatic N) is 1. The molecule has 1 aromatic heterocycles. The van der Waals surface area contributed by atoms with Crippen LogP contribution in [0.15, 0.2) is 42.0 Å². The van der Waals surface area contributed by atoms with E-state index in [1.54, 1.807) is 11.3 Å². The number of thiazole rings is 1. The van der Waals surface area contributed by atoms with Gasteiger partial charge in [-0.2, -0.15) is 0 Å². The van der Waals surface area contributed by atoms with Crippen LogP contribution in [0.2, 0.25) is 0 Å². The maximum absolute atomic E-state index is 4.05. The highest BCUT2D eigenvalue weighted by atomic mass is 32.1. The molecular weight excluding hydrogens is 204 g/mol. The zero-order valence-corrected chi connectivity index (χ0v) is 9.50. The highest BCUT2D eigenvalue weighted by Crippen LogP contribution is 2.13. The molecule has 0 saturated heterocycles. The standard InChI is InChI=1S/C12H14N2S/c1-10(11-5-3-2-4-6-11)14-8-12-7-13-9-15-12/h2-7,9-10,14H,8H2,1H3/t10-/m1/s1. The van der Waals surface area contributed by atoms with Crippen molar-refractivity contribution in [3.05, 3.63) is 52.5 Å². The number of benzene rings is 1. The maximum Gasteiger partial charge on any atom is 0.0794 e. The van der Waals surface area contributed by atoms with Gasteiger partial charge in [-0.15, -0.1) is 11.3 Å². The summed E-state index contributed by atoms with van der Waals surface area (Å²) in [6, 6.07) is 10.8. The van der Waals surface area contributed by atoms with Crippen molar-refractivity contribution < 1.29 is 0 Å². The highest BCUT2D eigenvalue weighted by molar-refractivity contribution is 7.09. The van der Waals surface area contributed by atoms with Gasteiger partial charge >= 0.3 is 0 Å². The van der Waals surface area contributed by atoms with E-state index in [0.717, 1.165) is 6.54 Å². The van der Waals surface area contributed by atoms with E-state index in [1.165, 1.54) is 10.4 Å². The van der Waals surface area contributed by atoms with Gasteiger partial charge in [-0.05, 0) is 12.5 Å². The molecule has 0 spiro atoms. The van der Waals surface area contributed by atoms with Gasteiger partial charge in [-0.25, -0.2) is 0 Å². The normalized spacial score (nSPS) is 12.6. The Morgan fingerprint density at radius 1 is 1.33 bits per heavy atom. The van der Waals surface area contributed by atoms with Gasteiger partial charge < -0.3 is 5.32 Å². The van der Waals surface area contributed by atoms with E-state index in [4.69, 9.17) is 0 Å². The molecule has 0 amide bonds. The SMILES string of the molecule is C[C@@H](NCc1cncs1)c1ccccc1. The average Bonchev–Trinajstić information content (AvgIpc) is 2.80. The summed E-state index contributed by atoms with van der Waals surface area (Å²) >= 11 is 1.69. The van der Waals surface area contributed by atoms with E-state index in [2.05, 4.69) is 41.5 Å². The molecule has 1 atom stereocenters. The summed E-state index contributed by atoms with van der Waals surface area (Å²) in [6.07, 6.45) is 1.91. The van der Waals surface area contributed by atoms with E-state index in [9.17, 15) is 0 Å². The first-order valence-corrected chi connectivity index (χ1v) is 5.90. The van der Waals surface area contributed by atoms with Gasteiger partial charge in [0, 0.05) is 23.7 Å². The van der Waals surface area contributed by atoms with Crippen molar-refractivity contribution in [3.63, 3.8) is 0 Å². The molecule has 2 rings (SSSR count). The van der Waals surface area contributed by atoms with Crippen LogP contribution in [0.3, 0.4) is 0 Å². The summed E-state index contributed by atoms with van der Waals surface area (Å²) in [5.74, 6) is 0. The number of rotatable bonds is 4. The molecule has 2 nitrogen and oxygen atoms in total. The van der Waals surface area contributed by atoms with Gasteiger partial charge in [-0.3, -0.25) is 4.98 Å². The van der Waals surface area contributed by atoms with Crippen molar-refractivity contribution in [2.45, 2.75) is 19.5 Å². The van der Waals surface area contributed by atoms with E-state index in [0.29, 0.717) is 6.04 Å². The average molecular weight is 218 g/mol. The Balaban J connectivity index is 1.90. The Bertz CT molecular complexity index is 383. The molecule has 78 valence electrons. The molecular formula is C12H14N2S. The van der Waals surface area contributed by atoms with Crippen LogP contribution in [-0.4, -0.2) is 4.98 Å². The summed E-state index contributed by atoms with van der Waals surface area (Å²) in [7, 11) is 0. The smallest absolute Gasteiger partial charge is 0.0794 e. The first-order chi connectivity index (χ1) is 7.36. The summed E-state index contributed by atoms with van der Waals surface area (Å²) in [4.78, 5) is 5.33. The number of nitrogens with one attached hydrogen (secondary N) is 1. The molecule has 1 N–H and O–H groups in total. The molecule has 0 aliphatic carbocycles. The lowest BCUT2D eigenvalue weighted by molar-refractivity contribution is 0.578. The molecule has 0 aliphatic rings. The zero-order valence-electron chi connectivity index (χ0n) is 8.68. The lowest BCUT2D eigenvalue weighted by Gasteiger charge is -2.12. The fourth-order valence-electron chi connectivity index (χ4n) is 1.44. The minimum atomic E-state index is 0.383. The van der Waals surface area contributed by atoms with Crippen molar-refractivity contribution in [1.29, 1.82) is 0 Å². The van der Waals surface area contributed by atoms with Crippen LogP contribution in [0, 0.1) is 0 Å². The largest absolute Gasteiger partial charge is 0.305 e. The van der Waals surface area contributed by atoms with Crippen molar-refractivity contribution in [3.8, 4) is 0 Å². The highest BCUT2D eigenvalue weighted by Gasteiger charge is 2.03. The van der Waals surface area contributed by atoms with Crippen LogP contribution in [0.4, 0.5) is 0 Å². The van der Waals surface area contributed by atoms with Crippen molar-refractivity contribution in [2.75, 3.05) is 0 Å². The van der Waals surface area contributed by atoms with Crippen LogP contribution < -0.4 is 5.32 Å². The fraction of sp³-hybridized carbons (Fsp3) is 0.250. The molecule has 2 aromatic rings. The van der Waals surface area contributed by atoms with E-state index >= 15 is 0 Å². The first kappa shape index (κ1) is 10.3. The molecule has 3 heteroatoms. The second-order valence-electron chi connectivity index (χ2n) is 3.48. The van der Waals surface area contributed by atoms with Gasteiger partial charge in [-0.1, -0.05) is 30.3 Å². The molecule has 15 heavy (non-hydrogen) atoms. The Labute approximate surface area is 94.0 Å². The maximum atomic E-state index is 4.05. The van der Waals surface area contributed by atoms with Crippen molar-refractivity contribution >= 4 is 11.3 Å². The number of hydrogen-bond acceptors (Lipinski definition) is 3. The van der Waals surface area contributed by atoms with Crippen molar-refractivity contribution in [1.82, 2.24) is 10.3 Å². The second-order valence-corrected chi connectivity index (χ2v) is 4.45. The van der Waals surface area contributed by atoms with Crippen LogP contribution in [0.25, 0.3) is 0 Å². The zero-order chi connectivity index (χ0) is 10.5. The molecule has 0 unspecified atom stereocenters. The van der Waals surface area contributed by atoms with Crippen LogP contribution >= 0.6 is 11.3 Å². The van der Waals surface area contributed by atoms with Crippen LogP contribution in [-0.2, 0) is 6.54 Å². The lowest BCUT2D eigenvalue weighted by Crippen LogP contribution is -2.17. The first-order valence-electron chi connectivity index (χ1n) is 5.02. The number of hydrogen-bond donors (Lipinski definition) is 1. The molecule has 0 fully saturated rings. The minimum absolute atomic E-state index is 0.383. The third kappa shape index (κ3) is 2.88. The van der Waals surface area contributed by atoms with Crippen molar-refractivity contribution in [2.24, 2.45) is 0 Å². The molecule has 0 aliphatic heterocycles. The van der Waals surface area contributed by atoms with E-state index in [1.807, 2.05) is 17.8 Å². The minimum Gasteiger partial charge on any atom is -0.305 e. The van der Waals surface area contributed by atoms with E-state index < -0.39 is 0 Å². The summed E-state index contributed by atoms with van der Waals surface area (Å²) in [5.41, 5.74) is 3.19. The Hall–Kier alpha value is -1.19. The molecule has 0 saturated carbocycles. The molecule has 0 radical (unpaired) electrons. The van der Waals surface area contributed by atoms with Crippen LogP contribution in [0.1, 0.15) is 23.4 Å². The van der Waals surface area contributed by atoms with Gasteiger partial charge in [0.25, 0.3) is 0 Å². The molecule has 1 aromatic carbocycles. The predicted octanol–water partition coefficient (Wildman–Crippen LogP) is 2.99. The predicted molar refractivity (Wildman–Crippen MR) is 63.8 cm³/mol. The summed E-state index contributed by atoms with van der Waals surface area (Å²) < 4.78 is 0. The fourth-order valence-corrected chi connectivity index (χ4v) is 1.99. The lowest BCUT2D eigenvalue weighted by atomic mass is 10.1. The third-order valence-electron chi connectivity index (χ3n) is 2.37. The van der Waals surface area contributed by atoms with E-state index in [-0.39, 0.29) is 0 Å². The second kappa shape index (κ2) is 5.05. The molecule has 1 heterocycles. The van der Waals surface area contributed by atoms with Gasteiger partial charge in [0.1, 0.15) is 0 Å². The monoisotopic (exact) mass is 218 g/mol. The summed E-state index contributed by atoms with van der Waals surface area (Å²) in [6.45, 7) is 3.07. The van der Waals surface area contributed by atoms with Gasteiger partial charge in [0.2, 0.25) is 0 Å². The Kier molecular flexibility index (Phi) is 3.48. The van der Waals surface area contributed by atoms with Gasteiger partial charge in [0.15, 0.2) is 0 Å². The summed E-state index contributed by atoms with van der Waals surface area (Å²) in [5, 5.41) is 3.47. The van der Waals surface area contributed by atoms with Gasteiger partial charge in [0.05, 0.1) is 5.51 Å². The number of aromatic nitrogens is 1. The molecule has 0 bridgehead atoms. The Morgan fingerprint density at radius 3 is 2.80 bits per heavy atom. The quantitative estimate of drug-likeness (QED) is 0.853.